The lowest BCUT2D eigenvalue weighted by Gasteiger charge is -2.15. The zero-order chi connectivity index (χ0) is 21.3. The van der Waals surface area contributed by atoms with Crippen molar-refractivity contribution < 1.29 is 4.70 Å². The van der Waals surface area contributed by atoms with Crippen LogP contribution in [0.2, 0.25) is 0 Å². The minimum absolute atomic E-state index is 0. The molecule has 2 heteroatoms. The lowest BCUT2D eigenvalue weighted by molar-refractivity contribution is 0.523. The van der Waals surface area contributed by atoms with Crippen molar-refractivity contribution in [3.05, 3.63) is 0 Å². The van der Waals surface area contributed by atoms with E-state index in [9.17, 15) is 0 Å². The zero-order valence-electron chi connectivity index (χ0n) is 21.5. The van der Waals surface area contributed by atoms with Gasteiger partial charge in [0.1, 0.15) is 0 Å². The van der Waals surface area contributed by atoms with Crippen LogP contribution in [-0.4, -0.2) is 18.5 Å². The van der Waals surface area contributed by atoms with Crippen LogP contribution in [0.15, 0.2) is 0 Å². The van der Waals surface area contributed by atoms with E-state index in [0.29, 0.717) is 7.92 Å². The van der Waals surface area contributed by atoms with Gasteiger partial charge in [-0.05, 0) is 24.9 Å². The van der Waals surface area contributed by atoms with Crippen LogP contribution in [0.1, 0.15) is 162 Å². The SMILES string of the molecule is CCCCCCCCCCCCCCCCCCCCCCP(CCC)CCC.F. The topological polar surface area (TPSA) is 0 Å². The number of rotatable bonds is 25. The van der Waals surface area contributed by atoms with Gasteiger partial charge in [-0.3, -0.25) is 4.70 Å². The van der Waals surface area contributed by atoms with Crippen LogP contribution in [0.4, 0.5) is 4.70 Å². The molecule has 184 valence electrons. The Morgan fingerprint density at radius 3 is 0.833 bits per heavy atom. The third-order valence-corrected chi connectivity index (χ3v) is 9.52. The van der Waals surface area contributed by atoms with Crippen molar-refractivity contribution in [1.29, 1.82) is 0 Å². The Bertz CT molecular complexity index is 276. The molecule has 0 N–H and O–H groups in total. The van der Waals surface area contributed by atoms with E-state index in [1.54, 1.807) is 6.16 Å². The third-order valence-electron chi connectivity index (χ3n) is 6.41. The molecule has 0 saturated heterocycles. The van der Waals surface area contributed by atoms with Crippen molar-refractivity contribution in [2.75, 3.05) is 18.5 Å². The zero-order valence-corrected chi connectivity index (χ0v) is 22.4. The van der Waals surface area contributed by atoms with E-state index < -0.39 is 0 Å². The van der Waals surface area contributed by atoms with Crippen molar-refractivity contribution >= 4 is 7.92 Å². The van der Waals surface area contributed by atoms with E-state index in [-0.39, 0.29) is 4.70 Å². The summed E-state index contributed by atoms with van der Waals surface area (Å²) in [6, 6.07) is 0. The molecule has 0 atom stereocenters. The Kier molecular flexibility index (Phi) is 31.8. The van der Waals surface area contributed by atoms with Crippen molar-refractivity contribution in [2.24, 2.45) is 0 Å². The Morgan fingerprint density at radius 2 is 0.567 bits per heavy atom. The normalized spacial score (nSPS) is 11.2. The molecule has 0 aromatic rings. The van der Waals surface area contributed by atoms with Crippen LogP contribution in [0.3, 0.4) is 0 Å². The number of hydrogen-bond donors (Lipinski definition) is 0. The molecule has 0 aromatic heterocycles. The van der Waals surface area contributed by atoms with Gasteiger partial charge in [-0.2, -0.15) is 0 Å². The summed E-state index contributed by atoms with van der Waals surface area (Å²) in [7, 11) is 0.393. The monoisotopic (exact) mass is 446 g/mol. The Morgan fingerprint density at radius 1 is 0.300 bits per heavy atom. The molecule has 0 saturated carbocycles. The summed E-state index contributed by atoms with van der Waals surface area (Å²) in [4.78, 5) is 0. The molecular formula is C28H60FP. The van der Waals surface area contributed by atoms with Crippen molar-refractivity contribution in [2.45, 2.75) is 162 Å². The average molecular weight is 447 g/mol. The highest BCUT2D eigenvalue weighted by Gasteiger charge is 2.04. The van der Waals surface area contributed by atoms with Gasteiger partial charge in [0.05, 0.1) is 0 Å². The smallest absolute Gasteiger partial charge is 0.0326 e. The molecule has 0 aliphatic heterocycles. The molecule has 0 aliphatic carbocycles. The second kappa shape index (κ2) is 29.4. The highest BCUT2D eigenvalue weighted by Crippen LogP contribution is 2.38. The lowest BCUT2D eigenvalue weighted by atomic mass is 10.0. The Balaban J connectivity index is 0. The van der Waals surface area contributed by atoms with E-state index in [1.165, 1.54) is 154 Å². The molecule has 0 fully saturated rings. The lowest BCUT2D eigenvalue weighted by Crippen LogP contribution is -1.94. The van der Waals surface area contributed by atoms with Gasteiger partial charge in [-0.25, -0.2) is 0 Å². The van der Waals surface area contributed by atoms with E-state index in [4.69, 9.17) is 0 Å². The second-order valence-corrected chi connectivity index (χ2v) is 12.2. The molecule has 0 heterocycles. The molecule has 0 radical (unpaired) electrons. The molecule has 30 heavy (non-hydrogen) atoms. The predicted molar refractivity (Wildman–Crippen MR) is 143 cm³/mol. The number of hydrogen-bond acceptors (Lipinski definition) is 0. The minimum atomic E-state index is 0. The Labute approximate surface area is 193 Å². The summed E-state index contributed by atoms with van der Waals surface area (Å²) in [6.45, 7) is 7.03. The number of halogens is 1. The van der Waals surface area contributed by atoms with E-state index >= 15 is 0 Å². The van der Waals surface area contributed by atoms with Crippen LogP contribution in [0, 0.1) is 0 Å². The largest absolute Gasteiger partial charge is 0.269 e. The molecule has 0 spiro atoms. The highest BCUT2D eigenvalue weighted by molar-refractivity contribution is 7.57. The summed E-state index contributed by atoms with van der Waals surface area (Å²) in [5, 5.41) is 0. The van der Waals surface area contributed by atoms with Gasteiger partial charge >= 0.3 is 0 Å². The molecule has 0 unspecified atom stereocenters. The molecule has 0 aromatic carbocycles. The first-order valence-electron chi connectivity index (χ1n) is 14.1. The highest BCUT2D eigenvalue weighted by atomic mass is 31.1. The first-order chi connectivity index (χ1) is 14.3. The first-order valence-corrected chi connectivity index (χ1v) is 16.0. The summed E-state index contributed by atoms with van der Waals surface area (Å²) >= 11 is 0. The van der Waals surface area contributed by atoms with Crippen LogP contribution in [-0.2, 0) is 0 Å². The molecular weight excluding hydrogens is 386 g/mol. The van der Waals surface area contributed by atoms with E-state index in [0.717, 1.165) is 0 Å². The predicted octanol–water partition coefficient (Wildman–Crippen LogP) is 11.3. The third kappa shape index (κ3) is 26.4. The summed E-state index contributed by atoms with van der Waals surface area (Å²) in [5.74, 6) is 0. The second-order valence-electron chi connectivity index (χ2n) is 9.56. The fourth-order valence-corrected chi connectivity index (χ4v) is 7.17. The number of unbranched alkanes of at least 4 members (excludes halogenated alkanes) is 19. The molecule has 0 bridgehead atoms. The maximum Gasteiger partial charge on any atom is -0.0326 e. The standard InChI is InChI=1S/C28H59P.FH/c1-4-7-8-9-10-11-12-13-14-15-16-17-18-19-20-21-22-23-24-25-28-29(26-5-2)27-6-3;/h4-28H2,1-3H3;1H. The van der Waals surface area contributed by atoms with Gasteiger partial charge in [0.15, 0.2) is 0 Å². The molecule has 0 nitrogen and oxygen atoms in total. The Hall–Kier alpha value is 0.360. The van der Waals surface area contributed by atoms with Gasteiger partial charge in [0, 0.05) is 0 Å². The van der Waals surface area contributed by atoms with Crippen molar-refractivity contribution in [1.82, 2.24) is 0 Å². The van der Waals surface area contributed by atoms with Crippen molar-refractivity contribution in [3.8, 4) is 0 Å². The fourth-order valence-electron chi connectivity index (χ4n) is 4.56. The summed E-state index contributed by atoms with van der Waals surface area (Å²) < 4.78 is 0. The fraction of sp³-hybridized carbons (Fsp3) is 1.00. The van der Waals surface area contributed by atoms with Gasteiger partial charge < -0.3 is 0 Å². The molecule has 0 rings (SSSR count). The molecule has 0 amide bonds. The van der Waals surface area contributed by atoms with Gasteiger partial charge in [-0.15, -0.1) is 7.92 Å². The van der Waals surface area contributed by atoms with Crippen LogP contribution >= 0.6 is 7.92 Å². The van der Waals surface area contributed by atoms with E-state index in [2.05, 4.69) is 20.8 Å². The first kappa shape index (κ1) is 32.5. The van der Waals surface area contributed by atoms with Crippen LogP contribution in [0.25, 0.3) is 0 Å². The minimum Gasteiger partial charge on any atom is -0.269 e. The van der Waals surface area contributed by atoms with Crippen LogP contribution in [0.5, 0.6) is 0 Å². The van der Waals surface area contributed by atoms with Crippen molar-refractivity contribution in [3.63, 3.8) is 0 Å². The average Bonchev–Trinajstić information content (AvgIpc) is 2.72. The molecule has 0 aliphatic rings. The van der Waals surface area contributed by atoms with Crippen LogP contribution < -0.4 is 0 Å². The maximum absolute atomic E-state index is 2.36. The van der Waals surface area contributed by atoms with Gasteiger partial charge in [-0.1, -0.05) is 156 Å². The van der Waals surface area contributed by atoms with Gasteiger partial charge in [0.2, 0.25) is 0 Å². The summed E-state index contributed by atoms with van der Waals surface area (Å²) in [5.41, 5.74) is 0. The van der Waals surface area contributed by atoms with Gasteiger partial charge in [0.25, 0.3) is 0 Å². The maximum atomic E-state index is 2.36. The summed E-state index contributed by atoms with van der Waals surface area (Å²) in [6.07, 6.45) is 37.1. The quantitative estimate of drug-likeness (QED) is 0.0965. The van der Waals surface area contributed by atoms with E-state index in [1.807, 2.05) is 0 Å².